The smallest absolute Gasteiger partial charge is 0.339 e. The number of hydrogen-bond donors (Lipinski definition) is 0. The van der Waals surface area contributed by atoms with Crippen LogP contribution in [-0.4, -0.2) is 51.5 Å². The molecule has 9 heteroatoms. The first-order valence-electron chi connectivity index (χ1n) is 7.63. The van der Waals surface area contributed by atoms with Gasteiger partial charge in [-0.1, -0.05) is 12.1 Å². The van der Waals surface area contributed by atoms with E-state index in [9.17, 15) is 18.0 Å². The molecule has 1 heterocycles. The Kier molecular flexibility index (Phi) is 6.12. The van der Waals surface area contributed by atoms with Crippen molar-refractivity contribution in [1.29, 1.82) is 5.26 Å². The fourth-order valence-electron chi connectivity index (χ4n) is 2.66. The van der Waals surface area contributed by atoms with Gasteiger partial charge in [-0.2, -0.15) is 9.57 Å². The van der Waals surface area contributed by atoms with Gasteiger partial charge in [-0.25, -0.2) is 13.2 Å². The zero-order valence-corrected chi connectivity index (χ0v) is 14.5. The lowest BCUT2D eigenvalue weighted by Crippen LogP contribution is -2.41. The Morgan fingerprint density at radius 1 is 1.28 bits per heavy atom. The summed E-state index contributed by atoms with van der Waals surface area (Å²) in [6.07, 6.45) is 0.591. The van der Waals surface area contributed by atoms with Gasteiger partial charge in [-0.15, -0.1) is 0 Å². The number of hydrogen-bond acceptors (Lipinski definition) is 7. The number of methoxy groups -OCH3 is 1. The molecule has 0 aliphatic carbocycles. The molecule has 134 valence electrons. The molecule has 0 spiro atoms. The third-order valence-electron chi connectivity index (χ3n) is 3.98. The highest BCUT2D eigenvalue weighted by atomic mass is 32.2. The summed E-state index contributed by atoms with van der Waals surface area (Å²) in [5, 5.41) is 8.43. The molecule has 1 saturated heterocycles. The molecule has 0 amide bonds. The van der Waals surface area contributed by atoms with Crippen LogP contribution in [0.2, 0.25) is 0 Å². The van der Waals surface area contributed by atoms with Gasteiger partial charge in [0.1, 0.15) is 6.07 Å². The molecular formula is C16H18N2O6S. The van der Waals surface area contributed by atoms with Crippen LogP contribution in [0.15, 0.2) is 29.2 Å². The van der Waals surface area contributed by atoms with Crippen molar-refractivity contribution in [3.63, 3.8) is 0 Å². The molecule has 0 bridgehead atoms. The molecule has 8 nitrogen and oxygen atoms in total. The molecular weight excluding hydrogens is 348 g/mol. The first-order valence-corrected chi connectivity index (χ1v) is 9.07. The number of esters is 2. The molecule has 1 aliphatic heterocycles. The van der Waals surface area contributed by atoms with Crippen molar-refractivity contribution in [2.45, 2.75) is 17.7 Å². The van der Waals surface area contributed by atoms with Crippen molar-refractivity contribution in [2.75, 3.05) is 26.8 Å². The topological polar surface area (TPSA) is 114 Å². The lowest BCUT2D eigenvalue weighted by atomic mass is 9.98. The van der Waals surface area contributed by atoms with Crippen LogP contribution in [0.4, 0.5) is 0 Å². The molecule has 0 aromatic heterocycles. The number of ether oxygens (including phenoxy) is 2. The van der Waals surface area contributed by atoms with Gasteiger partial charge in [0.05, 0.1) is 23.5 Å². The van der Waals surface area contributed by atoms with E-state index in [2.05, 4.69) is 4.74 Å². The number of nitriles is 1. The summed E-state index contributed by atoms with van der Waals surface area (Å²) in [5.74, 6) is -1.65. The molecule has 0 N–H and O–H groups in total. The first-order chi connectivity index (χ1) is 11.9. The summed E-state index contributed by atoms with van der Waals surface area (Å²) >= 11 is 0. The van der Waals surface area contributed by atoms with Crippen LogP contribution in [0.25, 0.3) is 0 Å². The number of carbonyl (C=O) groups is 2. The maximum atomic E-state index is 12.8. The van der Waals surface area contributed by atoms with Crippen molar-refractivity contribution in [3.8, 4) is 6.07 Å². The number of piperidine rings is 1. The summed E-state index contributed by atoms with van der Waals surface area (Å²) < 4.78 is 36.3. The zero-order chi connectivity index (χ0) is 18.4. The van der Waals surface area contributed by atoms with E-state index in [4.69, 9.17) is 10.00 Å². The normalized spacial score (nSPS) is 16.0. The van der Waals surface area contributed by atoms with E-state index in [1.165, 1.54) is 29.6 Å². The lowest BCUT2D eigenvalue weighted by molar-refractivity contribution is -0.148. The standard InChI is InChI=1S/C16H18N2O6S/c1-23-16(20)13-4-2-3-5-14(13)25(21,22)18-9-6-12(7-10-18)15(19)24-11-8-17/h2-5,12H,6-7,9-11H2,1H3. The predicted molar refractivity (Wildman–Crippen MR) is 85.8 cm³/mol. The first kappa shape index (κ1) is 18.9. The number of rotatable bonds is 5. The Labute approximate surface area is 146 Å². The van der Waals surface area contributed by atoms with Crippen LogP contribution in [0, 0.1) is 17.2 Å². The Balaban J connectivity index is 2.14. The fraction of sp³-hybridized carbons (Fsp3) is 0.438. The van der Waals surface area contributed by atoms with Crippen molar-refractivity contribution in [2.24, 2.45) is 5.92 Å². The average molecular weight is 366 g/mol. The summed E-state index contributed by atoms with van der Waals surface area (Å²) in [4.78, 5) is 23.5. The Hall–Kier alpha value is -2.44. The number of sulfonamides is 1. The van der Waals surface area contributed by atoms with Gasteiger partial charge in [0.15, 0.2) is 6.61 Å². The summed E-state index contributed by atoms with van der Waals surface area (Å²) in [6, 6.07) is 7.56. The molecule has 1 fully saturated rings. The molecule has 2 rings (SSSR count). The highest BCUT2D eigenvalue weighted by Crippen LogP contribution is 2.26. The maximum Gasteiger partial charge on any atom is 0.339 e. The van der Waals surface area contributed by atoms with Gasteiger partial charge in [-0.3, -0.25) is 4.79 Å². The predicted octanol–water partition coefficient (Wildman–Crippen LogP) is 0.941. The van der Waals surface area contributed by atoms with Crippen LogP contribution in [0.5, 0.6) is 0 Å². The van der Waals surface area contributed by atoms with E-state index in [0.29, 0.717) is 12.8 Å². The molecule has 0 radical (unpaired) electrons. The van der Waals surface area contributed by atoms with Crippen LogP contribution in [0.3, 0.4) is 0 Å². The van der Waals surface area contributed by atoms with Crippen LogP contribution in [0.1, 0.15) is 23.2 Å². The largest absolute Gasteiger partial charge is 0.465 e. The Bertz CT molecular complexity index is 791. The van der Waals surface area contributed by atoms with E-state index in [0.717, 1.165) is 0 Å². The number of nitrogens with zero attached hydrogens (tertiary/aromatic N) is 2. The minimum absolute atomic E-state index is 0.0273. The van der Waals surface area contributed by atoms with Crippen LogP contribution < -0.4 is 0 Å². The molecule has 0 atom stereocenters. The molecule has 0 saturated carbocycles. The third-order valence-corrected chi connectivity index (χ3v) is 5.93. The monoisotopic (exact) mass is 366 g/mol. The number of benzene rings is 1. The van der Waals surface area contributed by atoms with E-state index < -0.39 is 27.9 Å². The van der Waals surface area contributed by atoms with Crippen molar-refractivity contribution in [3.05, 3.63) is 29.8 Å². The molecule has 1 aromatic carbocycles. The average Bonchev–Trinajstić information content (AvgIpc) is 2.65. The summed E-state index contributed by atoms with van der Waals surface area (Å²) in [7, 11) is -2.70. The highest BCUT2D eigenvalue weighted by Gasteiger charge is 2.34. The minimum atomic E-state index is -3.89. The van der Waals surface area contributed by atoms with E-state index >= 15 is 0 Å². The molecule has 1 aliphatic rings. The van der Waals surface area contributed by atoms with Crippen molar-refractivity contribution < 1.29 is 27.5 Å². The second-order valence-electron chi connectivity index (χ2n) is 5.43. The fourth-order valence-corrected chi connectivity index (χ4v) is 4.31. The third kappa shape index (κ3) is 4.15. The zero-order valence-electron chi connectivity index (χ0n) is 13.7. The van der Waals surface area contributed by atoms with E-state index in [1.54, 1.807) is 12.1 Å². The minimum Gasteiger partial charge on any atom is -0.465 e. The van der Waals surface area contributed by atoms with E-state index in [-0.39, 0.29) is 30.2 Å². The van der Waals surface area contributed by atoms with Crippen LogP contribution >= 0.6 is 0 Å². The maximum absolute atomic E-state index is 12.8. The second-order valence-corrected chi connectivity index (χ2v) is 7.34. The highest BCUT2D eigenvalue weighted by molar-refractivity contribution is 7.89. The van der Waals surface area contributed by atoms with Gasteiger partial charge in [-0.05, 0) is 25.0 Å². The van der Waals surface area contributed by atoms with Gasteiger partial charge in [0.2, 0.25) is 10.0 Å². The molecule has 1 aromatic rings. The van der Waals surface area contributed by atoms with Gasteiger partial charge >= 0.3 is 11.9 Å². The SMILES string of the molecule is COC(=O)c1ccccc1S(=O)(=O)N1CCC(C(=O)OCC#N)CC1. The second kappa shape index (κ2) is 8.09. The van der Waals surface area contributed by atoms with Crippen molar-refractivity contribution >= 4 is 22.0 Å². The summed E-state index contributed by atoms with van der Waals surface area (Å²) in [5.41, 5.74) is -0.0273. The van der Waals surface area contributed by atoms with Crippen LogP contribution in [-0.2, 0) is 24.3 Å². The Morgan fingerprint density at radius 3 is 2.52 bits per heavy atom. The molecule has 0 unspecified atom stereocenters. The van der Waals surface area contributed by atoms with Gasteiger partial charge in [0, 0.05) is 13.1 Å². The van der Waals surface area contributed by atoms with Crippen molar-refractivity contribution in [1.82, 2.24) is 4.31 Å². The van der Waals surface area contributed by atoms with Gasteiger partial charge in [0.25, 0.3) is 0 Å². The quantitative estimate of drug-likeness (QED) is 0.712. The van der Waals surface area contributed by atoms with E-state index in [1.807, 2.05) is 0 Å². The Morgan fingerprint density at radius 2 is 1.92 bits per heavy atom. The van der Waals surface area contributed by atoms with Gasteiger partial charge < -0.3 is 9.47 Å². The molecule has 25 heavy (non-hydrogen) atoms. The lowest BCUT2D eigenvalue weighted by Gasteiger charge is -2.30. The number of carbonyl (C=O) groups excluding carboxylic acids is 2. The summed E-state index contributed by atoms with van der Waals surface area (Å²) in [6.45, 7) is -0.0574.